The molecule has 1 heterocycles. The molecule has 0 saturated heterocycles. The molecule has 13 heavy (non-hydrogen) atoms. The van der Waals surface area contributed by atoms with Gasteiger partial charge in [0.25, 0.3) is 0 Å². The molecule has 3 nitrogen and oxygen atoms in total. The molecule has 0 saturated carbocycles. The normalized spacial score (nSPS) is 13.4. The van der Waals surface area contributed by atoms with Crippen molar-refractivity contribution < 1.29 is 14.6 Å². The zero-order valence-electron chi connectivity index (χ0n) is 7.13. The number of benzene rings is 1. The Morgan fingerprint density at radius 1 is 1.54 bits per heavy atom. The van der Waals surface area contributed by atoms with Crippen LogP contribution in [0.25, 0.3) is 0 Å². The summed E-state index contributed by atoms with van der Waals surface area (Å²) in [4.78, 5) is 0. The Kier molecular flexibility index (Phi) is 2.07. The highest BCUT2D eigenvalue weighted by molar-refractivity contribution is 9.10. The van der Waals surface area contributed by atoms with Crippen molar-refractivity contribution in [3.8, 4) is 17.2 Å². The molecule has 1 aliphatic heterocycles. The number of phenolic OH excluding ortho intramolecular Hbond substituents is 1. The molecule has 0 fully saturated rings. The molecule has 4 heteroatoms. The minimum Gasteiger partial charge on any atom is -0.507 e. The quantitative estimate of drug-likeness (QED) is 0.825. The second-order valence-electron chi connectivity index (χ2n) is 2.78. The maximum Gasteiger partial charge on any atom is 0.231 e. The van der Waals surface area contributed by atoms with E-state index in [2.05, 4.69) is 15.9 Å². The van der Waals surface area contributed by atoms with Crippen LogP contribution in [0.15, 0.2) is 10.5 Å². The standard InChI is InChI=1S/C9H9BrO3/c1-2-5-6(11)3-7-9(8(5)10)13-4-12-7/h3,11H,2,4H2,1H3. The fourth-order valence-electron chi connectivity index (χ4n) is 1.36. The van der Waals surface area contributed by atoms with Crippen LogP contribution in [0, 0.1) is 0 Å². The van der Waals surface area contributed by atoms with Gasteiger partial charge in [0.2, 0.25) is 6.79 Å². The number of aromatic hydroxyl groups is 1. The first kappa shape index (κ1) is 8.69. The molecule has 70 valence electrons. The summed E-state index contributed by atoms with van der Waals surface area (Å²) in [7, 11) is 0. The molecular formula is C9H9BrO3. The number of rotatable bonds is 1. The minimum absolute atomic E-state index is 0.223. The van der Waals surface area contributed by atoms with E-state index in [9.17, 15) is 5.11 Å². The number of fused-ring (bicyclic) bond motifs is 1. The lowest BCUT2D eigenvalue weighted by atomic mass is 10.1. The lowest BCUT2D eigenvalue weighted by Crippen LogP contribution is -1.93. The molecule has 1 aromatic carbocycles. The molecule has 0 radical (unpaired) electrons. The van der Waals surface area contributed by atoms with Crippen LogP contribution in [0.2, 0.25) is 0 Å². The van der Waals surface area contributed by atoms with Crippen LogP contribution in [0.4, 0.5) is 0 Å². The summed E-state index contributed by atoms with van der Waals surface area (Å²) in [5.74, 6) is 1.54. The average molecular weight is 245 g/mol. The minimum atomic E-state index is 0.223. The first-order chi connectivity index (χ1) is 6.24. The lowest BCUT2D eigenvalue weighted by Gasteiger charge is -2.07. The molecule has 0 bridgehead atoms. The number of phenols is 1. The molecule has 0 aromatic heterocycles. The summed E-state index contributed by atoms with van der Waals surface area (Å²) in [6.45, 7) is 2.20. The van der Waals surface area contributed by atoms with Gasteiger partial charge in [-0.25, -0.2) is 0 Å². The first-order valence-corrected chi connectivity index (χ1v) is 4.83. The van der Waals surface area contributed by atoms with E-state index in [1.165, 1.54) is 0 Å². The Morgan fingerprint density at radius 2 is 2.31 bits per heavy atom. The van der Waals surface area contributed by atoms with Gasteiger partial charge in [-0.15, -0.1) is 0 Å². The van der Waals surface area contributed by atoms with Crippen LogP contribution in [0.3, 0.4) is 0 Å². The van der Waals surface area contributed by atoms with E-state index in [0.29, 0.717) is 11.5 Å². The van der Waals surface area contributed by atoms with Gasteiger partial charge in [0.05, 0.1) is 4.47 Å². The molecule has 0 unspecified atom stereocenters. The molecule has 1 aromatic rings. The fourth-order valence-corrected chi connectivity index (χ4v) is 2.16. The summed E-state index contributed by atoms with van der Waals surface area (Å²) in [6.07, 6.45) is 0.753. The van der Waals surface area contributed by atoms with Gasteiger partial charge in [-0.2, -0.15) is 0 Å². The zero-order valence-corrected chi connectivity index (χ0v) is 8.72. The summed E-state index contributed by atoms with van der Waals surface area (Å²) in [5.41, 5.74) is 0.851. The van der Waals surface area contributed by atoms with Crippen molar-refractivity contribution in [2.24, 2.45) is 0 Å². The third-order valence-corrected chi connectivity index (χ3v) is 2.88. The van der Waals surface area contributed by atoms with E-state index in [-0.39, 0.29) is 12.5 Å². The van der Waals surface area contributed by atoms with E-state index < -0.39 is 0 Å². The van der Waals surface area contributed by atoms with Gasteiger partial charge in [0, 0.05) is 11.6 Å². The second kappa shape index (κ2) is 3.10. The Labute approximate surface area is 84.4 Å². The predicted molar refractivity (Wildman–Crippen MR) is 51.3 cm³/mol. The van der Waals surface area contributed by atoms with Crippen molar-refractivity contribution in [2.45, 2.75) is 13.3 Å². The second-order valence-corrected chi connectivity index (χ2v) is 3.57. The Balaban J connectivity index is 2.62. The van der Waals surface area contributed by atoms with Crippen LogP contribution in [0.5, 0.6) is 17.2 Å². The smallest absolute Gasteiger partial charge is 0.231 e. The summed E-state index contributed by atoms with van der Waals surface area (Å²) in [6, 6.07) is 1.59. The molecular weight excluding hydrogens is 236 g/mol. The van der Waals surface area contributed by atoms with Crippen molar-refractivity contribution >= 4 is 15.9 Å². The highest BCUT2D eigenvalue weighted by Gasteiger charge is 2.21. The monoisotopic (exact) mass is 244 g/mol. The van der Waals surface area contributed by atoms with Crippen molar-refractivity contribution in [3.05, 3.63) is 16.1 Å². The lowest BCUT2D eigenvalue weighted by molar-refractivity contribution is 0.173. The van der Waals surface area contributed by atoms with Gasteiger partial charge in [0.15, 0.2) is 11.5 Å². The van der Waals surface area contributed by atoms with Crippen LogP contribution < -0.4 is 9.47 Å². The number of hydrogen-bond donors (Lipinski definition) is 1. The van der Waals surface area contributed by atoms with Gasteiger partial charge >= 0.3 is 0 Å². The van der Waals surface area contributed by atoms with Crippen molar-refractivity contribution in [1.29, 1.82) is 0 Å². The Bertz CT molecular complexity index is 345. The predicted octanol–water partition coefficient (Wildman–Crippen LogP) is 2.45. The molecule has 1 aliphatic rings. The first-order valence-electron chi connectivity index (χ1n) is 4.04. The molecule has 0 spiro atoms. The molecule has 2 rings (SSSR count). The van der Waals surface area contributed by atoms with Crippen molar-refractivity contribution in [1.82, 2.24) is 0 Å². The molecule has 0 amide bonds. The van der Waals surface area contributed by atoms with Gasteiger partial charge in [-0.1, -0.05) is 6.92 Å². The highest BCUT2D eigenvalue weighted by atomic mass is 79.9. The SMILES string of the molecule is CCc1c(O)cc2c(c1Br)OCO2. The largest absolute Gasteiger partial charge is 0.507 e. The molecule has 1 N–H and O–H groups in total. The van der Waals surface area contributed by atoms with Crippen LogP contribution in [-0.4, -0.2) is 11.9 Å². The Morgan fingerprint density at radius 3 is 3.00 bits per heavy atom. The number of halogens is 1. The van der Waals surface area contributed by atoms with Gasteiger partial charge < -0.3 is 14.6 Å². The Hall–Kier alpha value is -0.900. The molecule has 0 aliphatic carbocycles. The number of hydrogen-bond acceptors (Lipinski definition) is 3. The van der Waals surface area contributed by atoms with E-state index in [1.54, 1.807) is 6.07 Å². The molecule has 0 atom stereocenters. The van der Waals surface area contributed by atoms with Crippen LogP contribution in [-0.2, 0) is 6.42 Å². The third-order valence-electron chi connectivity index (χ3n) is 2.04. The maximum absolute atomic E-state index is 9.59. The summed E-state index contributed by atoms with van der Waals surface area (Å²) < 4.78 is 11.2. The topological polar surface area (TPSA) is 38.7 Å². The van der Waals surface area contributed by atoms with Crippen LogP contribution >= 0.6 is 15.9 Å². The van der Waals surface area contributed by atoms with Crippen LogP contribution in [0.1, 0.15) is 12.5 Å². The average Bonchev–Trinajstić information content (AvgIpc) is 2.53. The zero-order chi connectivity index (χ0) is 9.42. The van der Waals surface area contributed by atoms with Crippen molar-refractivity contribution in [2.75, 3.05) is 6.79 Å². The van der Waals surface area contributed by atoms with Gasteiger partial charge in [-0.05, 0) is 22.4 Å². The summed E-state index contributed by atoms with van der Waals surface area (Å²) >= 11 is 3.38. The van der Waals surface area contributed by atoms with E-state index in [0.717, 1.165) is 16.5 Å². The van der Waals surface area contributed by atoms with E-state index in [4.69, 9.17) is 9.47 Å². The highest BCUT2D eigenvalue weighted by Crippen LogP contribution is 2.45. The van der Waals surface area contributed by atoms with Gasteiger partial charge in [0.1, 0.15) is 5.75 Å². The van der Waals surface area contributed by atoms with E-state index >= 15 is 0 Å². The number of ether oxygens (including phenoxy) is 2. The summed E-state index contributed by atoms with van der Waals surface area (Å²) in [5, 5.41) is 9.59. The van der Waals surface area contributed by atoms with Crippen molar-refractivity contribution in [3.63, 3.8) is 0 Å². The fraction of sp³-hybridized carbons (Fsp3) is 0.333. The van der Waals surface area contributed by atoms with E-state index in [1.807, 2.05) is 6.92 Å². The van der Waals surface area contributed by atoms with Gasteiger partial charge in [-0.3, -0.25) is 0 Å². The maximum atomic E-state index is 9.59. The third kappa shape index (κ3) is 1.25.